The van der Waals surface area contributed by atoms with Crippen LogP contribution in [0.25, 0.3) is 0 Å². The molecule has 2 nitrogen and oxygen atoms in total. The molecule has 0 aromatic carbocycles. The second-order valence-corrected chi connectivity index (χ2v) is 5.37. The molecule has 1 heterocycles. The molecule has 0 spiro atoms. The molecule has 1 saturated carbocycles. The van der Waals surface area contributed by atoms with Crippen LogP contribution in [0.5, 0.6) is 0 Å². The molecule has 0 aromatic rings. The average molecular weight is 209 g/mol. The summed E-state index contributed by atoms with van der Waals surface area (Å²) in [5, 5.41) is 10.6. The van der Waals surface area contributed by atoms with Crippen LogP contribution in [-0.2, 0) is 0 Å². The van der Waals surface area contributed by atoms with Crippen LogP contribution < -0.4 is 0 Å². The smallest absolute Gasteiger partial charge is 0.0882 e. The first-order valence-corrected chi connectivity index (χ1v) is 6.16. The Kier molecular flexibility index (Phi) is 2.91. The zero-order valence-electron chi connectivity index (χ0n) is 9.95. The number of hydrogen-bond donors (Lipinski definition) is 1. The van der Waals surface area contributed by atoms with Gasteiger partial charge in [0.05, 0.1) is 5.60 Å². The minimum Gasteiger partial charge on any atom is -0.385 e. The molecular formula is C13H23NO. The van der Waals surface area contributed by atoms with Gasteiger partial charge in [0.1, 0.15) is 0 Å². The maximum absolute atomic E-state index is 10.6. The normalized spacial score (nSPS) is 47.3. The van der Waals surface area contributed by atoms with Crippen LogP contribution in [0.2, 0.25) is 0 Å². The summed E-state index contributed by atoms with van der Waals surface area (Å²) < 4.78 is 0. The van der Waals surface area contributed by atoms with Crippen LogP contribution >= 0.6 is 0 Å². The lowest BCUT2D eigenvalue weighted by Crippen LogP contribution is -2.60. The Morgan fingerprint density at radius 1 is 1.40 bits per heavy atom. The number of rotatable bonds is 1. The first-order chi connectivity index (χ1) is 7.08. The fraction of sp³-hybridized carbons (Fsp3) is 0.846. The van der Waals surface area contributed by atoms with Gasteiger partial charge in [-0.1, -0.05) is 18.9 Å². The summed E-state index contributed by atoms with van der Waals surface area (Å²) >= 11 is 0. The lowest BCUT2D eigenvalue weighted by molar-refractivity contribution is -0.0970. The number of hydrogen-bond acceptors (Lipinski definition) is 2. The molecule has 2 aliphatic rings. The van der Waals surface area contributed by atoms with Gasteiger partial charge in [0.25, 0.3) is 0 Å². The van der Waals surface area contributed by atoms with Gasteiger partial charge in [0, 0.05) is 18.0 Å². The van der Waals surface area contributed by atoms with E-state index < -0.39 is 5.60 Å². The monoisotopic (exact) mass is 209 g/mol. The van der Waals surface area contributed by atoms with Crippen LogP contribution in [-0.4, -0.2) is 34.7 Å². The van der Waals surface area contributed by atoms with E-state index in [1.165, 1.54) is 19.3 Å². The van der Waals surface area contributed by atoms with Crippen molar-refractivity contribution in [2.75, 3.05) is 7.05 Å². The average Bonchev–Trinajstić information content (AvgIpc) is 2.26. The van der Waals surface area contributed by atoms with Gasteiger partial charge in [0.15, 0.2) is 0 Å². The Hall–Kier alpha value is -0.340. The molecule has 1 N–H and O–H groups in total. The lowest BCUT2D eigenvalue weighted by atomic mass is 9.67. The summed E-state index contributed by atoms with van der Waals surface area (Å²) in [6.07, 6.45) is 7.60. The van der Waals surface area contributed by atoms with Crippen molar-refractivity contribution in [3.05, 3.63) is 12.7 Å². The third kappa shape index (κ3) is 1.74. The molecular weight excluding hydrogens is 186 g/mol. The predicted octanol–water partition coefficient (Wildman–Crippen LogP) is 2.19. The molecule has 86 valence electrons. The number of aliphatic hydroxyl groups is 1. The highest BCUT2D eigenvalue weighted by atomic mass is 16.3. The van der Waals surface area contributed by atoms with Crippen LogP contribution in [0.4, 0.5) is 0 Å². The van der Waals surface area contributed by atoms with Crippen molar-refractivity contribution < 1.29 is 5.11 Å². The summed E-state index contributed by atoms with van der Waals surface area (Å²) in [5.41, 5.74) is -0.614. The van der Waals surface area contributed by atoms with Crippen molar-refractivity contribution >= 4 is 0 Å². The molecule has 1 aliphatic heterocycles. The number of fused-ring (bicyclic) bond motifs is 1. The predicted molar refractivity (Wildman–Crippen MR) is 62.7 cm³/mol. The second kappa shape index (κ2) is 3.91. The first kappa shape index (κ1) is 11.2. The molecule has 0 aromatic heterocycles. The molecule has 2 fully saturated rings. The molecule has 0 radical (unpaired) electrons. The van der Waals surface area contributed by atoms with E-state index in [-0.39, 0.29) is 0 Å². The molecule has 0 amide bonds. The Balaban J connectivity index is 2.25. The van der Waals surface area contributed by atoms with E-state index in [0.29, 0.717) is 18.0 Å². The largest absolute Gasteiger partial charge is 0.385 e. The third-order valence-corrected chi connectivity index (χ3v) is 4.57. The van der Waals surface area contributed by atoms with E-state index in [9.17, 15) is 5.11 Å². The summed E-state index contributed by atoms with van der Waals surface area (Å²) in [5.74, 6) is 0.407. The number of piperidine rings is 1. The highest BCUT2D eigenvalue weighted by Gasteiger charge is 2.47. The topological polar surface area (TPSA) is 23.5 Å². The molecule has 0 unspecified atom stereocenters. The van der Waals surface area contributed by atoms with Gasteiger partial charge in [-0.3, -0.25) is 0 Å². The molecule has 2 heteroatoms. The number of likely N-dealkylation sites (tertiary alicyclic amines) is 1. The first-order valence-electron chi connectivity index (χ1n) is 6.16. The molecule has 4 atom stereocenters. The second-order valence-electron chi connectivity index (χ2n) is 5.37. The highest BCUT2D eigenvalue weighted by Crippen LogP contribution is 2.43. The van der Waals surface area contributed by atoms with E-state index in [4.69, 9.17) is 0 Å². The molecule has 1 aliphatic carbocycles. The van der Waals surface area contributed by atoms with Crippen LogP contribution in [0.1, 0.15) is 39.0 Å². The van der Waals surface area contributed by atoms with Gasteiger partial charge in [-0.15, -0.1) is 6.58 Å². The molecule has 15 heavy (non-hydrogen) atoms. The molecule has 0 bridgehead atoms. The van der Waals surface area contributed by atoms with Gasteiger partial charge in [-0.05, 0) is 33.2 Å². The maximum atomic E-state index is 10.6. The van der Waals surface area contributed by atoms with Crippen molar-refractivity contribution in [1.82, 2.24) is 4.90 Å². The van der Waals surface area contributed by atoms with Gasteiger partial charge >= 0.3 is 0 Å². The van der Waals surface area contributed by atoms with Gasteiger partial charge < -0.3 is 10.0 Å². The van der Waals surface area contributed by atoms with E-state index in [0.717, 1.165) is 12.8 Å². The standard InChI is InChI=1S/C13H23NO/c1-4-13(15)9-10(2)14(3)12-8-6-5-7-11(12)13/h4,10-12,15H,1,5-9H2,2-3H3/t10-,11+,12-,13-/m0/s1. The third-order valence-electron chi connectivity index (χ3n) is 4.57. The van der Waals surface area contributed by atoms with E-state index >= 15 is 0 Å². The summed E-state index contributed by atoms with van der Waals surface area (Å²) in [7, 11) is 2.20. The summed E-state index contributed by atoms with van der Waals surface area (Å²) in [6.45, 7) is 6.05. The van der Waals surface area contributed by atoms with Crippen molar-refractivity contribution in [2.24, 2.45) is 5.92 Å². The van der Waals surface area contributed by atoms with Crippen molar-refractivity contribution in [3.8, 4) is 0 Å². The SMILES string of the molecule is C=C[C@]1(O)C[C@H](C)N(C)[C@H]2CCCC[C@H]21. The van der Waals surface area contributed by atoms with Crippen molar-refractivity contribution in [3.63, 3.8) is 0 Å². The Labute approximate surface area is 93.0 Å². The Bertz CT molecular complexity index is 253. The fourth-order valence-corrected chi connectivity index (χ4v) is 3.51. The lowest BCUT2D eigenvalue weighted by Gasteiger charge is -2.53. The zero-order valence-corrected chi connectivity index (χ0v) is 9.95. The van der Waals surface area contributed by atoms with Crippen molar-refractivity contribution in [1.29, 1.82) is 0 Å². The van der Waals surface area contributed by atoms with Crippen LogP contribution in [0.3, 0.4) is 0 Å². The quantitative estimate of drug-likeness (QED) is 0.669. The summed E-state index contributed by atoms with van der Waals surface area (Å²) in [6, 6.07) is 1.03. The Morgan fingerprint density at radius 2 is 2.07 bits per heavy atom. The highest BCUT2D eigenvalue weighted by molar-refractivity contribution is 5.10. The van der Waals surface area contributed by atoms with E-state index in [1.807, 2.05) is 0 Å². The van der Waals surface area contributed by atoms with Gasteiger partial charge in [-0.2, -0.15) is 0 Å². The van der Waals surface area contributed by atoms with Gasteiger partial charge in [0.2, 0.25) is 0 Å². The fourth-order valence-electron chi connectivity index (χ4n) is 3.51. The van der Waals surface area contributed by atoms with Crippen LogP contribution in [0, 0.1) is 5.92 Å². The summed E-state index contributed by atoms with van der Waals surface area (Å²) in [4.78, 5) is 2.46. The minimum absolute atomic E-state index is 0.407. The molecule has 1 saturated heterocycles. The molecule has 2 rings (SSSR count). The number of nitrogens with zero attached hydrogens (tertiary/aromatic N) is 1. The zero-order chi connectivity index (χ0) is 11.1. The van der Waals surface area contributed by atoms with Gasteiger partial charge in [-0.25, -0.2) is 0 Å². The maximum Gasteiger partial charge on any atom is 0.0882 e. The van der Waals surface area contributed by atoms with E-state index in [2.05, 4.69) is 25.5 Å². The van der Waals surface area contributed by atoms with Crippen molar-refractivity contribution in [2.45, 2.75) is 56.7 Å². The van der Waals surface area contributed by atoms with E-state index in [1.54, 1.807) is 6.08 Å². The van der Waals surface area contributed by atoms with Crippen LogP contribution in [0.15, 0.2) is 12.7 Å². The minimum atomic E-state index is -0.614. The Morgan fingerprint density at radius 3 is 2.73 bits per heavy atom.